The van der Waals surface area contributed by atoms with E-state index >= 15 is 0 Å². The molecule has 3 heteroatoms. The number of unbranched alkanes of at least 4 members (excludes halogenated alkanes) is 2. The van der Waals surface area contributed by atoms with Crippen LogP contribution in [0.4, 0.5) is 5.69 Å². The Morgan fingerprint density at radius 3 is 2.63 bits per heavy atom. The summed E-state index contributed by atoms with van der Waals surface area (Å²) >= 11 is 6.12. The highest BCUT2D eigenvalue weighted by atomic mass is 35.5. The number of halogens is 1. The summed E-state index contributed by atoms with van der Waals surface area (Å²) < 4.78 is 0. The standard InChI is InChI=1S/C16H27ClN2/c1-5-6-7-10-19(4)16-9-8-15(17)11-14(16)12-18-13(2)3/h8-9,11,13,18H,5-7,10,12H2,1-4H3. The first-order valence-electron chi connectivity index (χ1n) is 7.27. The molecule has 2 nitrogen and oxygen atoms in total. The van der Waals surface area contributed by atoms with Crippen LogP contribution in [-0.2, 0) is 6.54 Å². The smallest absolute Gasteiger partial charge is 0.0410 e. The number of nitrogens with zero attached hydrogens (tertiary/aromatic N) is 1. The van der Waals surface area contributed by atoms with E-state index in [1.54, 1.807) is 0 Å². The third-order valence-electron chi connectivity index (χ3n) is 3.25. The van der Waals surface area contributed by atoms with Crippen LogP contribution < -0.4 is 10.2 Å². The molecule has 0 heterocycles. The summed E-state index contributed by atoms with van der Waals surface area (Å²) in [6.07, 6.45) is 3.79. The highest BCUT2D eigenvalue weighted by Crippen LogP contribution is 2.24. The van der Waals surface area contributed by atoms with Gasteiger partial charge in [-0.3, -0.25) is 0 Å². The maximum atomic E-state index is 6.12. The zero-order chi connectivity index (χ0) is 14.3. The molecule has 0 aliphatic carbocycles. The second kappa shape index (κ2) is 8.44. The molecule has 19 heavy (non-hydrogen) atoms. The van der Waals surface area contributed by atoms with E-state index in [2.05, 4.69) is 50.2 Å². The lowest BCUT2D eigenvalue weighted by Gasteiger charge is -2.23. The SMILES string of the molecule is CCCCCN(C)c1ccc(Cl)cc1CNC(C)C. The third-order valence-corrected chi connectivity index (χ3v) is 3.49. The molecule has 0 aliphatic heterocycles. The molecular formula is C16H27ClN2. The van der Waals surface area contributed by atoms with Crippen LogP contribution in [0.15, 0.2) is 18.2 Å². The van der Waals surface area contributed by atoms with Gasteiger partial charge in [0, 0.05) is 36.9 Å². The van der Waals surface area contributed by atoms with Crippen LogP contribution in [0.1, 0.15) is 45.6 Å². The van der Waals surface area contributed by atoms with Crippen molar-refractivity contribution >= 4 is 17.3 Å². The lowest BCUT2D eigenvalue weighted by Crippen LogP contribution is -2.25. The fourth-order valence-corrected chi connectivity index (χ4v) is 2.30. The van der Waals surface area contributed by atoms with Crippen molar-refractivity contribution in [3.63, 3.8) is 0 Å². The summed E-state index contributed by atoms with van der Waals surface area (Å²) in [5.41, 5.74) is 2.56. The van der Waals surface area contributed by atoms with Crippen LogP contribution in [-0.4, -0.2) is 19.6 Å². The Balaban J connectivity index is 2.74. The molecule has 1 aromatic rings. The molecule has 0 atom stereocenters. The van der Waals surface area contributed by atoms with E-state index in [-0.39, 0.29) is 0 Å². The lowest BCUT2D eigenvalue weighted by atomic mass is 10.1. The predicted octanol–water partition coefficient (Wildman–Crippen LogP) is 4.46. The number of rotatable bonds is 8. The van der Waals surface area contributed by atoms with Gasteiger partial charge < -0.3 is 10.2 Å². The Labute approximate surface area is 123 Å². The third kappa shape index (κ3) is 5.84. The normalized spacial score (nSPS) is 11.1. The summed E-state index contributed by atoms with van der Waals surface area (Å²) in [5.74, 6) is 0. The summed E-state index contributed by atoms with van der Waals surface area (Å²) in [4.78, 5) is 2.34. The maximum Gasteiger partial charge on any atom is 0.0410 e. The molecule has 0 saturated heterocycles. The van der Waals surface area contributed by atoms with Gasteiger partial charge in [-0.2, -0.15) is 0 Å². The zero-order valence-electron chi connectivity index (χ0n) is 12.7. The first kappa shape index (κ1) is 16.3. The van der Waals surface area contributed by atoms with Crippen molar-refractivity contribution in [3.8, 4) is 0 Å². The number of anilines is 1. The Kier molecular flexibility index (Phi) is 7.25. The molecule has 1 aromatic carbocycles. The number of hydrogen-bond acceptors (Lipinski definition) is 2. The molecule has 0 aliphatic rings. The van der Waals surface area contributed by atoms with E-state index in [0.29, 0.717) is 6.04 Å². The number of hydrogen-bond donors (Lipinski definition) is 1. The summed E-state index contributed by atoms with van der Waals surface area (Å²) in [6, 6.07) is 6.66. The Hall–Kier alpha value is -0.730. The molecule has 1 N–H and O–H groups in total. The molecule has 1 rings (SSSR count). The average molecular weight is 283 g/mol. The van der Waals surface area contributed by atoms with Crippen molar-refractivity contribution in [3.05, 3.63) is 28.8 Å². The van der Waals surface area contributed by atoms with Crippen molar-refractivity contribution in [1.82, 2.24) is 5.32 Å². The van der Waals surface area contributed by atoms with E-state index in [0.717, 1.165) is 18.1 Å². The molecule has 108 valence electrons. The van der Waals surface area contributed by atoms with E-state index < -0.39 is 0 Å². The van der Waals surface area contributed by atoms with Gasteiger partial charge in [-0.05, 0) is 30.2 Å². The maximum absolute atomic E-state index is 6.12. The molecule has 0 saturated carbocycles. The second-order valence-electron chi connectivity index (χ2n) is 5.44. The van der Waals surface area contributed by atoms with E-state index in [1.165, 1.54) is 30.5 Å². The van der Waals surface area contributed by atoms with Crippen molar-refractivity contribution < 1.29 is 0 Å². The van der Waals surface area contributed by atoms with Crippen molar-refractivity contribution in [1.29, 1.82) is 0 Å². The number of benzene rings is 1. The average Bonchev–Trinajstić information content (AvgIpc) is 2.36. The molecule has 0 fully saturated rings. The first-order valence-corrected chi connectivity index (χ1v) is 7.65. The van der Waals surface area contributed by atoms with Gasteiger partial charge in [0.1, 0.15) is 0 Å². The minimum Gasteiger partial charge on any atom is -0.374 e. The van der Waals surface area contributed by atoms with Gasteiger partial charge in [0.05, 0.1) is 0 Å². The van der Waals surface area contributed by atoms with E-state index in [9.17, 15) is 0 Å². The quantitative estimate of drug-likeness (QED) is 0.708. The predicted molar refractivity (Wildman–Crippen MR) is 86.2 cm³/mol. The Morgan fingerprint density at radius 1 is 1.26 bits per heavy atom. The Bertz CT molecular complexity index is 377. The lowest BCUT2D eigenvalue weighted by molar-refractivity contribution is 0.588. The molecule has 0 bridgehead atoms. The van der Waals surface area contributed by atoms with Crippen molar-refractivity contribution in [2.24, 2.45) is 0 Å². The van der Waals surface area contributed by atoms with Gasteiger partial charge in [-0.1, -0.05) is 45.2 Å². The molecule has 0 unspecified atom stereocenters. The largest absolute Gasteiger partial charge is 0.374 e. The summed E-state index contributed by atoms with van der Waals surface area (Å²) in [7, 11) is 2.16. The molecule has 0 amide bonds. The molecule has 0 spiro atoms. The monoisotopic (exact) mass is 282 g/mol. The van der Waals surface area contributed by atoms with Gasteiger partial charge in [0.2, 0.25) is 0 Å². The van der Waals surface area contributed by atoms with Crippen LogP contribution in [0.2, 0.25) is 5.02 Å². The number of nitrogens with one attached hydrogen (secondary N) is 1. The van der Waals surface area contributed by atoms with Crippen LogP contribution in [0.25, 0.3) is 0 Å². The minimum atomic E-state index is 0.484. The topological polar surface area (TPSA) is 15.3 Å². The van der Waals surface area contributed by atoms with E-state index in [4.69, 9.17) is 11.6 Å². The molecule has 0 radical (unpaired) electrons. The van der Waals surface area contributed by atoms with Crippen LogP contribution in [0.3, 0.4) is 0 Å². The summed E-state index contributed by atoms with van der Waals surface area (Å²) in [6.45, 7) is 8.53. The van der Waals surface area contributed by atoms with E-state index in [1.807, 2.05) is 6.07 Å². The molecular weight excluding hydrogens is 256 g/mol. The van der Waals surface area contributed by atoms with Crippen LogP contribution in [0, 0.1) is 0 Å². The Morgan fingerprint density at radius 2 is 2.00 bits per heavy atom. The van der Waals surface area contributed by atoms with Crippen molar-refractivity contribution in [2.45, 2.75) is 52.6 Å². The van der Waals surface area contributed by atoms with Gasteiger partial charge in [-0.15, -0.1) is 0 Å². The van der Waals surface area contributed by atoms with Crippen molar-refractivity contribution in [2.75, 3.05) is 18.5 Å². The van der Waals surface area contributed by atoms with Gasteiger partial charge in [-0.25, -0.2) is 0 Å². The minimum absolute atomic E-state index is 0.484. The van der Waals surface area contributed by atoms with Gasteiger partial charge in [0.15, 0.2) is 0 Å². The second-order valence-corrected chi connectivity index (χ2v) is 5.87. The van der Waals surface area contributed by atoms with Crippen LogP contribution in [0.5, 0.6) is 0 Å². The van der Waals surface area contributed by atoms with Gasteiger partial charge >= 0.3 is 0 Å². The molecule has 0 aromatic heterocycles. The fraction of sp³-hybridized carbons (Fsp3) is 0.625. The van der Waals surface area contributed by atoms with Crippen LogP contribution >= 0.6 is 11.6 Å². The first-order chi connectivity index (χ1) is 9.04. The highest BCUT2D eigenvalue weighted by Gasteiger charge is 2.08. The highest BCUT2D eigenvalue weighted by molar-refractivity contribution is 6.30. The zero-order valence-corrected chi connectivity index (χ0v) is 13.4. The van der Waals surface area contributed by atoms with Gasteiger partial charge in [0.25, 0.3) is 0 Å². The fourth-order valence-electron chi connectivity index (χ4n) is 2.10. The summed E-state index contributed by atoms with van der Waals surface area (Å²) in [5, 5.41) is 4.28.